The molecule has 0 N–H and O–H groups in total. The fraction of sp³-hybridized carbons (Fsp3) is 0.562. The van der Waals surface area contributed by atoms with Crippen LogP contribution in [0.15, 0.2) is 23.1 Å². The molecule has 0 saturated heterocycles. The van der Waals surface area contributed by atoms with Crippen molar-refractivity contribution in [3.8, 4) is 5.75 Å². The fourth-order valence-electron chi connectivity index (χ4n) is 2.25. The Balaban J connectivity index is 3.32. The molecule has 0 aliphatic rings. The van der Waals surface area contributed by atoms with E-state index in [4.69, 9.17) is 4.74 Å². The zero-order valence-corrected chi connectivity index (χ0v) is 15.3. The Morgan fingerprint density at radius 2 is 1.70 bits per heavy atom. The number of rotatable bonds is 8. The summed E-state index contributed by atoms with van der Waals surface area (Å²) in [6.45, 7) is 5.31. The van der Waals surface area contributed by atoms with Crippen LogP contribution in [0.5, 0.6) is 5.75 Å². The average molecular weight is 342 g/mol. The van der Waals surface area contributed by atoms with E-state index in [0.29, 0.717) is 18.7 Å². The molecule has 0 aliphatic heterocycles. The van der Waals surface area contributed by atoms with Crippen LogP contribution >= 0.6 is 0 Å². The molecule has 1 amide bonds. The van der Waals surface area contributed by atoms with Crippen molar-refractivity contribution in [1.82, 2.24) is 9.21 Å². The van der Waals surface area contributed by atoms with Crippen LogP contribution < -0.4 is 4.74 Å². The van der Waals surface area contributed by atoms with Gasteiger partial charge in [-0.05, 0) is 31.0 Å². The summed E-state index contributed by atoms with van der Waals surface area (Å²) in [4.78, 5) is 14.4. The van der Waals surface area contributed by atoms with Crippen LogP contribution in [0.1, 0.15) is 37.0 Å². The summed E-state index contributed by atoms with van der Waals surface area (Å²) >= 11 is 0. The number of methoxy groups -OCH3 is 1. The molecule has 7 heteroatoms. The summed E-state index contributed by atoms with van der Waals surface area (Å²) in [5, 5.41) is 0. The molecule has 0 unspecified atom stereocenters. The van der Waals surface area contributed by atoms with Gasteiger partial charge in [-0.1, -0.05) is 13.8 Å². The van der Waals surface area contributed by atoms with Crippen LogP contribution in [-0.4, -0.2) is 57.8 Å². The first-order valence-electron chi connectivity index (χ1n) is 7.69. The Bertz CT molecular complexity index is 635. The molecule has 130 valence electrons. The average Bonchev–Trinajstić information content (AvgIpc) is 2.53. The van der Waals surface area contributed by atoms with E-state index < -0.39 is 10.0 Å². The van der Waals surface area contributed by atoms with E-state index in [1.807, 2.05) is 13.8 Å². The summed E-state index contributed by atoms with van der Waals surface area (Å²) in [6, 6.07) is 4.53. The number of benzene rings is 1. The van der Waals surface area contributed by atoms with Gasteiger partial charge in [0.25, 0.3) is 5.91 Å². The molecule has 6 nitrogen and oxygen atoms in total. The monoisotopic (exact) mass is 342 g/mol. The lowest BCUT2D eigenvalue weighted by atomic mass is 10.1. The maximum absolute atomic E-state index is 12.7. The van der Waals surface area contributed by atoms with Gasteiger partial charge in [-0.2, -0.15) is 0 Å². The van der Waals surface area contributed by atoms with Crippen molar-refractivity contribution in [2.45, 2.75) is 31.6 Å². The van der Waals surface area contributed by atoms with Crippen molar-refractivity contribution in [2.24, 2.45) is 0 Å². The van der Waals surface area contributed by atoms with Crippen molar-refractivity contribution < 1.29 is 17.9 Å². The minimum absolute atomic E-state index is 0.00352. The first-order chi connectivity index (χ1) is 10.8. The van der Waals surface area contributed by atoms with Crippen molar-refractivity contribution in [1.29, 1.82) is 0 Å². The molecule has 1 aromatic rings. The van der Waals surface area contributed by atoms with Gasteiger partial charge in [-0.25, -0.2) is 12.7 Å². The SMILES string of the molecule is CCCN(CCC)C(=O)c1ccc(OC)c(S(=O)(=O)N(C)C)c1. The molecule has 0 fully saturated rings. The van der Waals surface area contributed by atoms with Crippen molar-refractivity contribution >= 4 is 15.9 Å². The number of sulfonamides is 1. The molecule has 23 heavy (non-hydrogen) atoms. The molecule has 0 bridgehead atoms. The Kier molecular flexibility index (Phi) is 7.02. The van der Waals surface area contributed by atoms with Crippen LogP contribution in [0.4, 0.5) is 0 Å². The third-order valence-corrected chi connectivity index (χ3v) is 5.28. The highest BCUT2D eigenvalue weighted by atomic mass is 32.2. The molecule has 0 radical (unpaired) electrons. The maximum atomic E-state index is 12.7. The van der Waals surface area contributed by atoms with Gasteiger partial charge in [0.1, 0.15) is 10.6 Å². The second kappa shape index (κ2) is 8.31. The third kappa shape index (κ3) is 4.45. The summed E-state index contributed by atoms with van der Waals surface area (Å²) < 4.78 is 31.1. The normalized spacial score (nSPS) is 11.6. The van der Waals surface area contributed by atoms with Crippen molar-refractivity contribution in [3.05, 3.63) is 23.8 Å². The van der Waals surface area contributed by atoms with E-state index in [-0.39, 0.29) is 16.6 Å². The van der Waals surface area contributed by atoms with Crippen LogP contribution in [0, 0.1) is 0 Å². The number of hydrogen-bond acceptors (Lipinski definition) is 4. The van der Waals surface area contributed by atoms with Gasteiger partial charge >= 0.3 is 0 Å². The van der Waals surface area contributed by atoms with Gasteiger partial charge in [0, 0.05) is 32.7 Å². The largest absolute Gasteiger partial charge is 0.495 e. The second-order valence-electron chi connectivity index (χ2n) is 5.45. The Morgan fingerprint density at radius 3 is 2.13 bits per heavy atom. The highest BCUT2D eigenvalue weighted by Gasteiger charge is 2.25. The summed E-state index contributed by atoms with van der Waals surface area (Å²) in [7, 11) is 0.617. The van der Waals surface area contributed by atoms with Gasteiger partial charge in [0.2, 0.25) is 10.0 Å². The first kappa shape index (κ1) is 19.4. The number of carbonyl (C=O) groups excluding carboxylic acids is 1. The van der Waals surface area contributed by atoms with Gasteiger partial charge in [-0.15, -0.1) is 0 Å². The number of nitrogens with zero attached hydrogens (tertiary/aromatic N) is 2. The number of hydrogen-bond donors (Lipinski definition) is 0. The van der Waals surface area contributed by atoms with Gasteiger partial charge in [-0.3, -0.25) is 4.79 Å². The Labute approximate surface area is 139 Å². The topological polar surface area (TPSA) is 66.9 Å². The predicted octanol–water partition coefficient (Wildman–Crippen LogP) is 2.21. The Hall–Kier alpha value is -1.60. The lowest BCUT2D eigenvalue weighted by Crippen LogP contribution is -2.32. The van der Waals surface area contributed by atoms with E-state index in [1.165, 1.54) is 33.3 Å². The number of amides is 1. The Morgan fingerprint density at radius 1 is 1.13 bits per heavy atom. The van der Waals surface area contributed by atoms with Gasteiger partial charge in [0.05, 0.1) is 7.11 Å². The zero-order valence-electron chi connectivity index (χ0n) is 14.5. The summed E-state index contributed by atoms with van der Waals surface area (Å²) in [5.74, 6) is 0.0688. The maximum Gasteiger partial charge on any atom is 0.253 e. The van der Waals surface area contributed by atoms with Crippen LogP contribution in [0.25, 0.3) is 0 Å². The highest BCUT2D eigenvalue weighted by Crippen LogP contribution is 2.27. The van der Waals surface area contributed by atoms with Crippen LogP contribution in [-0.2, 0) is 10.0 Å². The third-order valence-electron chi connectivity index (χ3n) is 3.44. The lowest BCUT2D eigenvalue weighted by Gasteiger charge is -2.22. The second-order valence-corrected chi connectivity index (χ2v) is 7.57. The van der Waals surface area contributed by atoms with Crippen molar-refractivity contribution in [2.75, 3.05) is 34.3 Å². The van der Waals surface area contributed by atoms with E-state index in [0.717, 1.165) is 17.1 Å². The molecule has 1 aromatic carbocycles. The van der Waals surface area contributed by atoms with E-state index >= 15 is 0 Å². The molecule has 0 spiro atoms. The molecule has 1 rings (SSSR count). The molecule has 0 aromatic heterocycles. The first-order valence-corrected chi connectivity index (χ1v) is 9.13. The van der Waals surface area contributed by atoms with E-state index in [2.05, 4.69) is 0 Å². The van der Waals surface area contributed by atoms with Gasteiger partial charge in [0.15, 0.2) is 0 Å². The highest BCUT2D eigenvalue weighted by molar-refractivity contribution is 7.89. The molecule has 0 atom stereocenters. The minimum Gasteiger partial charge on any atom is -0.495 e. The lowest BCUT2D eigenvalue weighted by molar-refractivity contribution is 0.0755. The zero-order chi connectivity index (χ0) is 17.6. The molecule has 0 saturated carbocycles. The van der Waals surface area contributed by atoms with Gasteiger partial charge < -0.3 is 9.64 Å². The number of ether oxygens (including phenoxy) is 1. The minimum atomic E-state index is -3.69. The van der Waals surface area contributed by atoms with Crippen molar-refractivity contribution in [3.63, 3.8) is 0 Å². The quantitative estimate of drug-likeness (QED) is 0.726. The number of carbonyl (C=O) groups is 1. The summed E-state index contributed by atoms with van der Waals surface area (Å²) in [5.41, 5.74) is 0.355. The fourth-order valence-corrected chi connectivity index (χ4v) is 3.32. The summed E-state index contributed by atoms with van der Waals surface area (Å²) in [6.07, 6.45) is 1.70. The predicted molar refractivity (Wildman–Crippen MR) is 90.4 cm³/mol. The van der Waals surface area contributed by atoms with E-state index in [9.17, 15) is 13.2 Å². The van der Waals surface area contributed by atoms with E-state index in [1.54, 1.807) is 11.0 Å². The molecule has 0 heterocycles. The molecular weight excluding hydrogens is 316 g/mol. The standard InChI is InChI=1S/C16H26N2O4S/c1-6-10-18(11-7-2)16(19)13-8-9-14(22-5)15(12-13)23(20,21)17(3)4/h8-9,12H,6-7,10-11H2,1-5H3. The smallest absolute Gasteiger partial charge is 0.253 e. The molecule has 0 aliphatic carbocycles. The van der Waals surface area contributed by atoms with Crippen LogP contribution in [0.2, 0.25) is 0 Å². The molecular formula is C16H26N2O4S. The van der Waals surface area contributed by atoms with Crippen LogP contribution in [0.3, 0.4) is 0 Å².